The van der Waals surface area contributed by atoms with E-state index >= 15 is 0 Å². The molecule has 4 heteroatoms. The minimum atomic E-state index is -0.483. The monoisotopic (exact) mass is 265 g/mol. The normalized spacial score (nSPS) is 13.1. The zero-order valence-electron chi connectivity index (χ0n) is 11.8. The summed E-state index contributed by atoms with van der Waals surface area (Å²) in [5, 5.41) is 9.13. The quantitative estimate of drug-likeness (QED) is 0.798. The Balaban J connectivity index is 2.75. The molecule has 0 radical (unpaired) electrons. The fourth-order valence-electron chi connectivity index (χ4n) is 1.87. The molecule has 0 bridgehead atoms. The number of carbonyl (C=O) groups is 1. The summed E-state index contributed by atoms with van der Waals surface area (Å²) in [5.41, 5.74) is 7.03. The average molecular weight is 265 g/mol. The second kappa shape index (κ2) is 6.68. The van der Waals surface area contributed by atoms with Crippen molar-refractivity contribution in [3.05, 3.63) is 35.4 Å². The predicted molar refractivity (Wildman–Crippen MR) is 74.6 cm³/mol. The molecule has 0 saturated carbocycles. The van der Waals surface area contributed by atoms with Crippen LogP contribution in [0.4, 0.5) is 0 Å². The van der Waals surface area contributed by atoms with E-state index in [4.69, 9.17) is 15.6 Å². The molecule has 4 nitrogen and oxygen atoms in total. The first-order valence-electron chi connectivity index (χ1n) is 6.47. The molecule has 0 heterocycles. The lowest BCUT2D eigenvalue weighted by Crippen LogP contribution is -2.26. The zero-order chi connectivity index (χ0) is 14.5. The van der Waals surface area contributed by atoms with Crippen LogP contribution in [0, 0.1) is 0 Å². The number of hydrogen-bond donors (Lipinski definition) is 2. The second-order valence-electron chi connectivity index (χ2n) is 5.63. The van der Waals surface area contributed by atoms with E-state index < -0.39 is 5.60 Å². The van der Waals surface area contributed by atoms with E-state index in [2.05, 4.69) is 0 Å². The van der Waals surface area contributed by atoms with Crippen LogP contribution < -0.4 is 5.73 Å². The molecule has 0 spiro atoms. The molecule has 0 aromatic heterocycles. The van der Waals surface area contributed by atoms with Crippen molar-refractivity contribution < 1.29 is 14.6 Å². The molecule has 0 unspecified atom stereocenters. The molecule has 0 aliphatic heterocycles. The topological polar surface area (TPSA) is 72.5 Å². The lowest BCUT2D eigenvalue weighted by molar-refractivity contribution is -0.155. The van der Waals surface area contributed by atoms with Gasteiger partial charge in [0.2, 0.25) is 0 Å². The maximum atomic E-state index is 11.8. The van der Waals surface area contributed by atoms with Crippen molar-refractivity contribution in [3.63, 3.8) is 0 Å². The Labute approximate surface area is 114 Å². The first-order chi connectivity index (χ1) is 8.85. The molecule has 1 rings (SSSR count). The largest absolute Gasteiger partial charge is 0.460 e. The molecule has 19 heavy (non-hydrogen) atoms. The fraction of sp³-hybridized carbons (Fsp3) is 0.533. The van der Waals surface area contributed by atoms with Gasteiger partial charge in [-0.1, -0.05) is 24.3 Å². The minimum absolute atomic E-state index is 0.0163. The molecule has 106 valence electrons. The smallest absolute Gasteiger partial charge is 0.306 e. The maximum Gasteiger partial charge on any atom is 0.306 e. The summed E-state index contributed by atoms with van der Waals surface area (Å²) in [4.78, 5) is 11.8. The van der Waals surface area contributed by atoms with Gasteiger partial charge in [-0.25, -0.2) is 0 Å². The van der Waals surface area contributed by atoms with E-state index in [0.29, 0.717) is 6.54 Å². The van der Waals surface area contributed by atoms with Gasteiger partial charge in [0.15, 0.2) is 0 Å². The van der Waals surface area contributed by atoms with Crippen LogP contribution in [-0.4, -0.2) is 23.2 Å². The molecule has 0 saturated heterocycles. The molecule has 0 fully saturated rings. The molecule has 1 aromatic carbocycles. The number of ether oxygens (including phenoxy) is 1. The molecular weight excluding hydrogens is 242 g/mol. The fourth-order valence-corrected chi connectivity index (χ4v) is 1.87. The average Bonchev–Trinajstić information content (AvgIpc) is 2.34. The van der Waals surface area contributed by atoms with Gasteiger partial charge in [-0.05, 0) is 38.4 Å². The van der Waals surface area contributed by atoms with Gasteiger partial charge in [0.05, 0.1) is 13.0 Å². The summed E-state index contributed by atoms with van der Waals surface area (Å²) < 4.78 is 5.30. The van der Waals surface area contributed by atoms with Gasteiger partial charge < -0.3 is 15.6 Å². The van der Waals surface area contributed by atoms with Gasteiger partial charge >= 0.3 is 5.97 Å². The molecular formula is C15H23NO3. The van der Waals surface area contributed by atoms with Crippen LogP contribution in [0.5, 0.6) is 0 Å². The number of hydrogen-bond acceptors (Lipinski definition) is 4. The standard InChI is InChI=1S/C15H23NO3/c1-15(2,3)19-14(18)8-13(9-16)12-6-4-5-11(7-12)10-17/h4-7,13,17H,8-10,16H2,1-3H3/t13-/m0/s1. The van der Waals surface area contributed by atoms with E-state index in [-0.39, 0.29) is 24.9 Å². The predicted octanol–water partition coefficient (Wildman–Crippen LogP) is 1.95. The Morgan fingerprint density at radius 2 is 2.11 bits per heavy atom. The number of aliphatic hydroxyl groups excluding tert-OH is 1. The van der Waals surface area contributed by atoms with Crippen LogP contribution in [-0.2, 0) is 16.1 Å². The number of esters is 1. The summed E-state index contributed by atoms with van der Waals surface area (Å²) in [7, 11) is 0. The first-order valence-corrected chi connectivity index (χ1v) is 6.47. The highest BCUT2D eigenvalue weighted by molar-refractivity contribution is 5.71. The van der Waals surface area contributed by atoms with Gasteiger partial charge in [0, 0.05) is 5.92 Å². The Morgan fingerprint density at radius 3 is 2.63 bits per heavy atom. The summed E-state index contributed by atoms with van der Waals surface area (Å²) in [6.45, 7) is 5.88. The maximum absolute atomic E-state index is 11.8. The van der Waals surface area contributed by atoms with Crippen LogP contribution in [0.25, 0.3) is 0 Å². The van der Waals surface area contributed by atoms with Gasteiger partial charge in [-0.15, -0.1) is 0 Å². The Kier molecular flexibility index (Phi) is 5.51. The Bertz CT molecular complexity index is 424. The SMILES string of the molecule is CC(C)(C)OC(=O)C[C@@H](CN)c1cccc(CO)c1. The van der Waals surface area contributed by atoms with E-state index in [1.165, 1.54) is 0 Å². The second-order valence-corrected chi connectivity index (χ2v) is 5.63. The highest BCUT2D eigenvalue weighted by atomic mass is 16.6. The van der Waals surface area contributed by atoms with E-state index in [9.17, 15) is 4.79 Å². The highest BCUT2D eigenvalue weighted by Gasteiger charge is 2.20. The van der Waals surface area contributed by atoms with Crippen LogP contribution in [0.15, 0.2) is 24.3 Å². The van der Waals surface area contributed by atoms with Crippen LogP contribution in [0.2, 0.25) is 0 Å². The van der Waals surface area contributed by atoms with Gasteiger partial charge in [0.25, 0.3) is 0 Å². The van der Waals surface area contributed by atoms with Crippen LogP contribution in [0.3, 0.4) is 0 Å². The zero-order valence-corrected chi connectivity index (χ0v) is 11.8. The van der Waals surface area contributed by atoms with Crippen molar-refractivity contribution in [1.29, 1.82) is 0 Å². The van der Waals surface area contributed by atoms with Gasteiger partial charge in [-0.3, -0.25) is 4.79 Å². The Hall–Kier alpha value is -1.39. The third-order valence-electron chi connectivity index (χ3n) is 2.72. The molecule has 0 aliphatic carbocycles. The van der Waals surface area contributed by atoms with Crippen LogP contribution in [0.1, 0.15) is 44.2 Å². The Morgan fingerprint density at radius 1 is 1.42 bits per heavy atom. The van der Waals surface area contributed by atoms with Crippen LogP contribution >= 0.6 is 0 Å². The van der Waals surface area contributed by atoms with Gasteiger partial charge in [0.1, 0.15) is 5.60 Å². The van der Waals surface area contributed by atoms with Crippen molar-refractivity contribution >= 4 is 5.97 Å². The molecule has 0 aliphatic rings. The van der Waals surface area contributed by atoms with Crippen molar-refractivity contribution in [2.24, 2.45) is 5.73 Å². The molecule has 3 N–H and O–H groups in total. The van der Waals surface area contributed by atoms with E-state index in [0.717, 1.165) is 11.1 Å². The first kappa shape index (κ1) is 15.7. The number of rotatable bonds is 5. The number of carbonyl (C=O) groups excluding carboxylic acids is 1. The highest BCUT2D eigenvalue weighted by Crippen LogP contribution is 2.21. The van der Waals surface area contributed by atoms with E-state index in [1.807, 2.05) is 45.0 Å². The number of nitrogens with two attached hydrogens (primary N) is 1. The molecule has 1 aromatic rings. The number of aliphatic hydroxyl groups is 1. The number of benzene rings is 1. The summed E-state index contributed by atoms with van der Waals surface area (Å²) >= 11 is 0. The van der Waals surface area contributed by atoms with Crippen molar-refractivity contribution in [2.45, 2.75) is 45.3 Å². The third-order valence-corrected chi connectivity index (χ3v) is 2.72. The lowest BCUT2D eigenvalue weighted by atomic mass is 9.94. The molecule has 1 atom stereocenters. The minimum Gasteiger partial charge on any atom is -0.460 e. The van der Waals surface area contributed by atoms with E-state index in [1.54, 1.807) is 0 Å². The summed E-state index contributed by atoms with van der Waals surface area (Å²) in [6.07, 6.45) is 0.253. The van der Waals surface area contributed by atoms with Crippen molar-refractivity contribution in [2.75, 3.05) is 6.54 Å². The summed E-state index contributed by atoms with van der Waals surface area (Å²) in [5.74, 6) is -0.335. The van der Waals surface area contributed by atoms with Gasteiger partial charge in [-0.2, -0.15) is 0 Å². The third kappa shape index (κ3) is 5.41. The lowest BCUT2D eigenvalue weighted by Gasteiger charge is -2.22. The van der Waals surface area contributed by atoms with Crippen molar-refractivity contribution in [3.8, 4) is 0 Å². The summed E-state index contributed by atoms with van der Waals surface area (Å²) in [6, 6.07) is 7.49. The molecule has 0 amide bonds. The van der Waals surface area contributed by atoms with Crippen molar-refractivity contribution in [1.82, 2.24) is 0 Å².